The third-order valence-corrected chi connectivity index (χ3v) is 5.42. The number of nitrogens with one attached hydrogen (secondary N) is 1. The Kier molecular flexibility index (Phi) is 5.95. The van der Waals surface area contributed by atoms with E-state index in [1.807, 2.05) is 29.2 Å². The zero-order chi connectivity index (χ0) is 19.6. The van der Waals surface area contributed by atoms with Crippen LogP contribution in [0.1, 0.15) is 18.4 Å². The summed E-state index contributed by atoms with van der Waals surface area (Å²) in [5.74, 6) is 0.0592. The summed E-state index contributed by atoms with van der Waals surface area (Å²) in [5.41, 5.74) is -0.170. The van der Waals surface area contributed by atoms with Gasteiger partial charge in [-0.15, -0.1) is 0 Å². The van der Waals surface area contributed by atoms with Crippen molar-refractivity contribution in [3.05, 3.63) is 51.6 Å². The first-order valence-electron chi connectivity index (χ1n) is 8.29. The third-order valence-electron chi connectivity index (χ3n) is 4.45. The van der Waals surface area contributed by atoms with Gasteiger partial charge in [0.2, 0.25) is 5.91 Å². The zero-order valence-electron chi connectivity index (χ0n) is 14.1. The van der Waals surface area contributed by atoms with Gasteiger partial charge in [0.1, 0.15) is 5.82 Å². The zero-order valence-corrected chi connectivity index (χ0v) is 16.4. The number of hydrogen-bond donors (Lipinski definition) is 1. The molecule has 1 fully saturated rings. The second-order valence-corrected chi connectivity index (χ2v) is 7.52. The van der Waals surface area contributed by atoms with E-state index in [4.69, 9.17) is 11.6 Å². The first kappa shape index (κ1) is 19.9. The number of para-hydroxylation sites is 1. The number of carbonyl (C=O) groups is 1. The summed E-state index contributed by atoms with van der Waals surface area (Å²) in [6, 6.07) is 8.23. The number of halogens is 5. The van der Waals surface area contributed by atoms with Crippen LogP contribution in [0.2, 0.25) is 5.02 Å². The fourth-order valence-corrected chi connectivity index (χ4v) is 3.64. The van der Waals surface area contributed by atoms with Gasteiger partial charge in [0.05, 0.1) is 16.3 Å². The minimum Gasteiger partial charge on any atom is -0.355 e. The molecule has 1 saturated heterocycles. The number of rotatable bonds is 3. The Bertz CT molecular complexity index is 839. The molecule has 0 radical (unpaired) electrons. The maximum atomic E-state index is 12.7. The van der Waals surface area contributed by atoms with Crippen LogP contribution in [0.15, 0.2) is 41.0 Å². The van der Waals surface area contributed by atoms with Crippen LogP contribution in [0, 0.1) is 5.92 Å². The molecule has 2 aromatic rings. The van der Waals surface area contributed by atoms with Gasteiger partial charge >= 0.3 is 6.18 Å². The monoisotopic (exact) mass is 461 g/mol. The van der Waals surface area contributed by atoms with E-state index in [-0.39, 0.29) is 16.8 Å². The molecular weight excluding hydrogens is 447 g/mol. The number of aromatic nitrogens is 1. The van der Waals surface area contributed by atoms with Gasteiger partial charge in [-0.2, -0.15) is 13.2 Å². The molecule has 1 aliphatic heterocycles. The SMILES string of the molecule is O=C(Nc1ccccc1Br)C1CCN(c2ncc(C(F)(F)F)cc2Cl)CC1. The van der Waals surface area contributed by atoms with Crippen LogP contribution in [0.3, 0.4) is 0 Å². The molecule has 0 unspecified atom stereocenters. The molecule has 1 aliphatic rings. The number of piperidine rings is 1. The summed E-state index contributed by atoms with van der Waals surface area (Å²) in [5, 5.41) is 2.86. The van der Waals surface area contributed by atoms with Crippen molar-refractivity contribution >= 4 is 44.9 Å². The van der Waals surface area contributed by atoms with Crippen molar-refractivity contribution in [1.82, 2.24) is 4.98 Å². The first-order valence-corrected chi connectivity index (χ1v) is 9.46. The number of alkyl halides is 3. The van der Waals surface area contributed by atoms with Crippen LogP contribution in [0.25, 0.3) is 0 Å². The van der Waals surface area contributed by atoms with Gasteiger partial charge in [-0.25, -0.2) is 4.98 Å². The van der Waals surface area contributed by atoms with Gasteiger partial charge in [-0.1, -0.05) is 23.7 Å². The van der Waals surface area contributed by atoms with E-state index in [2.05, 4.69) is 26.2 Å². The molecule has 3 rings (SSSR count). The smallest absolute Gasteiger partial charge is 0.355 e. The Morgan fingerprint density at radius 3 is 2.52 bits per heavy atom. The van der Waals surface area contributed by atoms with Crippen LogP contribution >= 0.6 is 27.5 Å². The number of hydrogen-bond acceptors (Lipinski definition) is 3. The largest absolute Gasteiger partial charge is 0.417 e. The molecule has 2 heterocycles. The average Bonchev–Trinajstić information content (AvgIpc) is 2.63. The molecule has 144 valence electrons. The van der Waals surface area contributed by atoms with Crippen LogP contribution in [0.5, 0.6) is 0 Å². The fraction of sp³-hybridized carbons (Fsp3) is 0.333. The molecule has 4 nitrogen and oxygen atoms in total. The highest BCUT2D eigenvalue weighted by molar-refractivity contribution is 9.10. The van der Waals surface area contributed by atoms with Crippen LogP contribution in [-0.2, 0) is 11.0 Å². The maximum absolute atomic E-state index is 12.7. The van der Waals surface area contributed by atoms with Gasteiger partial charge < -0.3 is 10.2 Å². The first-order chi connectivity index (χ1) is 12.8. The van der Waals surface area contributed by atoms with Crippen LogP contribution in [-0.4, -0.2) is 24.0 Å². The average molecular weight is 463 g/mol. The lowest BCUT2D eigenvalue weighted by molar-refractivity contribution is -0.137. The minimum absolute atomic E-state index is 0.0408. The highest BCUT2D eigenvalue weighted by atomic mass is 79.9. The van der Waals surface area contributed by atoms with Crippen molar-refractivity contribution in [3.8, 4) is 0 Å². The molecule has 1 N–H and O–H groups in total. The van der Waals surface area contributed by atoms with Crippen molar-refractivity contribution in [2.24, 2.45) is 5.92 Å². The standard InChI is InChI=1S/C18H16BrClF3N3O/c19-13-3-1-2-4-15(13)25-17(27)11-5-7-26(8-6-11)16-14(20)9-12(10-24-16)18(21,22)23/h1-4,9-11H,5-8H2,(H,25,27). The normalized spacial score (nSPS) is 15.7. The number of nitrogens with zero attached hydrogens (tertiary/aromatic N) is 2. The van der Waals surface area contributed by atoms with Crippen LogP contribution < -0.4 is 10.2 Å². The van der Waals surface area contributed by atoms with Crippen molar-refractivity contribution in [2.75, 3.05) is 23.3 Å². The molecule has 0 atom stereocenters. The number of amides is 1. The molecule has 1 aromatic carbocycles. The predicted molar refractivity (Wildman–Crippen MR) is 102 cm³/mol. The lowest BCUT2D eigenvalue weighted by Gasteiger charge is -2.32. The van der Waals surface area contributed by atoms with Gasteiger partial charge in [0, 0.05) is 29.7 Å². The Morgan fingerprint density at radius 1 is 1.26 bits per heavy atom. The lowest BCUT2D eigenvalue weighted by Crippen LogP contribution is -2.38. The summed E-state index contributed by atoms with van der Waals surface area (Å²) < 4.78 is 39.0. The van der Waals surface area contributed by atoms with Crippen LogP contribution in [0.4, 0.5) is 24.7 Å². The highest BCUT2D eigenvalue weighted by Crippen LogP contribution is 2.35. The topological polar surface area (TPSA) is 45.2 Å². The quantitative estimate of drug-likeness (QED) is 0.667. The van der Waals surface area contributed by atoms with Crippen molar-refractivity contribution in [3.63, 3.8) is 0 Å². The summed E-state index contributed by atoms with van der Waals surface area (Å²) in [4.78, 5) is 18.2. The summed E-state index contributed by atoms with van der Waals surface area (Å²) in [7, 11) is 0. The molecule has 1 aromatic heterocycles. The van der Waals surface area contributed by atoms with Gasteiger partial charge in [-0.3, -0.25) is 4.79 Å². The fourth-order valence-electron chi connectivity index (χ4n) is 2.97. The molecule has 1 amide bonds. The molecular formula is C18H16BrClF3N3O. The Morgan fingerprint density at radius 2 is 1.93 bits per heavy atom. The summed E-state index contributed by atoms with van der Waals surface area (Å²) >= 11 is 9.39. The van der Waals surface area contributed by atoms with Crippen molar-refractivity contribution < 1.29 is 18.0 Å². The van der Waals surface area contributed by atoms with E-state index in [9.17, 15) is 18.0 Å². The lowest BCUT2D eigenvalue weighted by atomic mass is 9.95. The number of carbonyl (C=O) groups excluding carboxylic acids is 1. The Hall–Kier alpha value is -1.80. The highest BCUT2D eigenvalue weighted by Gasteiger charge is 2.33. The molecule has 27 heavy (non-hydrogen) atoms. The second kappa shape index (κ2) is 8.06. The van der Waals surface area contributed by atoms with E-state index < -0.39 is 11.7 Å². The molecule has 9 heteroatoms. The van der Waals surface area contributed by atoms with E-state index in [0.29, 0.717) is 37.4 Å². The number of anilines is 2. The minimum atomic E-state index is -4.48. The van der Waals surface area contributed by atoms with Gasteiger partial charge in [-0.05, 0) is 47.0 Å². The summed E-state index contributed by atoms with van der Waals surface area (Å²) in [6.07, 6.45) is -2.57. The van der Waals surface area contributed by atoms with Crippen molar-refractivity contribution in [2.45, 2.75) is 19.0 Å². The Labute approximate surface area is 167 Å². The number of benzene rings is 1. The van der Waals surface area contributed by atoms with E-state index >= 15 is 0 Å². The molecule has 0 aliphatic carbocycles. The van der Waals surface area contributed by atoms with Crippen molar-refractivity contribution in [1.29, 1.82) is 0 Å². The van der Waals surface area contributed by atoms with E-state index in [1.54, 1.807) is 0 Å². The maximum Gasteiger partial charge on any atom is 0.417 e. The third kappa shape index (κ3) is 4.73. The molecule has 0 bridgehead atoms. The Balaban J connectivity index is 1.62. The molecule has 0 saturated carbocycles. The molecule has 0 spiro atoms. The predicted octanol–water partition coefficient (Wildman–Crippen LogP) is 5.37. The van der Waals surface area contributed by atoms with E-state index in [1.165, 1.54) is 0 Å². The summed E-state index contributed by atoms with van der Waals surface area (Å²) in [6.45, 7) is 0.984. The number of pyridine rings is 1. The second-order valence-electron chi connectivity index (χ2n) is 6.26. The van der Waals surface area contributed by atoms with E-state index in [0.717, 1.165) is 16.7 Å². The van der Waals surface area contributed by atoms with Gasteiger partial charge in [0.15, 0.2) is 0 Å². The van der Waals surface area contributed by atoms with Gasteiger partial charge in [0.25, 0.3) is 0 Å².